The summed E-state index contributed by atoms with van der Waals surface area (Å²) in [5.74, 6) is 0.716. The van der Waals surface area contributed by atoms with E-state index in [0.29, 0.717) is 12.5 Å². The fourth-order valence-corrected chi connectivity index (χ4v) is 2.19. The summed E-state index contributed by atoms with van der Waals surface area (Å²) in [6.07, 6.45) is 2.70. The average Bonchev–Trinajstić information content (AvgIpc) is 3.12. The van der Waals surface area contributed by atoms with Crippen LogP contribution in [0.25, 0.3) is 0 Å². The van der Waals surface area contributed by atoms with E-state index >= 15 is 0 Å². The van der Waals surface area contributed by atoms with Gasteiger partial charge in [-0.25, -0.2) is 0 Å². The van der Waals surface area contributed by atoms with Crippen LogP contribution in [-0.4, -0.2) is 22.5 Å². The van der Waals surface area contributed by atoms with Crippen LogP contribution in [0.15, 0.2) is 18.2 Å². The van der Waals surface area contributed by atoms with Crippen LogP contribution in [0.3, 0.4) is 0 Å². The van der Waals surface area contributed by atoms with E-state index < -0.39 is 0 Å². The molecule has 0 unspecified atom stereocenters. The molecule has 0 aliphatic heterocycles. The summed E-state index contributed by atoms with van der Waals surface area (Å²) in [4.78, 5) is 7.14. The third-order valence-electron chi connectivity index (χ3n) is 3.10. The van der Waals surface area contributed by atoms with Gasteiger partial charge in [0.25, 0.3) is 0 Å². The Hall–Kier alpha value is -0.930. The van der Waals surface area contributed by atoms with E-state index in [9.17, 15) is 0 Å². The normalized spacial score (nSPS) is 15.8. The lowest BCUT2D eigenvalue weighted by Crippen LogP contribution is -2.30. The van der Waals surface area contributed by atoms with E-state index in [4.69, 9.17) is 5.73 Å². The zero-order chi connectivity index (χ0) is 12.3. The molecular weight excluding hydrogens is 210 g/mol. The molecule has 0 radical (unpaired) electrons. The van der Waals surface area contributed by atoms with E-state index in [0.717, 1.165) is 24.0 Å². The van der Waals surface area contributed by atoms with Crippen molar-refractivity contribution < 1.29 is 0 Å². The van der Waals surface area contributed by atoms with Gasteiger partial charge in [0.15, 0.2) is 0 Å². The molecule has 0 saturated heterocycles. The number of aromatic nitrogens is 1. The third-order valence-corrected chi connectivity index (χ3v) is 3.10. The first kappa shape index (κ1) is 12.5. The lowest BCUT2D eigenvalue weighted by molar-refractivity contribution is 0.223. The maximum Gasteiger partial charge on any atom is 0.0547 e. The van der Waals surface area contributed by atoms with E-state index in [1.165, 1.54) is 19.4 Å². The van der Waals surface area contributed by atoms with Crippen LogP contribution < -0.4 is 5.73 Å². The molecule has 0 spiro atoms. The Morgan fingerprint density at radius 3 is 2.65 bits per heavy atom. The van der Waals surface area contributed by atoms with E-state index in [1.54, 1.807) is 0 Å². The lowest BCUT2D eigenvalue weighted by atomic mass is 10.2. The minimum Gasteiger partial charge on any atom is -0.325 e. The molecule has 3 nitrogen and oxygen atoms in total. The van der Waals surface area contributed by atoms with Gasteiger partial charge in [-0.1, -0.05) is 19.9 Å². The van der Waals surface area contributed by atoms with E-state index in [1.807, 2.05) is 6.07 Å². The standard InChI is InChI=1S/C14H23N3/c1-11(2)9-17(14-6-7-14)10-13-5-3-4-12(8-15)16-13/h3-5,11,14H,6-10,15H2,1-2H3. The predicted molar refractivity (Wildman–Crippen MR) is 70.4 cm³/mol. The maximum absolute atomic E-state index is 5.63. The minimum absolute atomic E-state index is 0.529. The number of rotatable bonds is 6. The molecule has 17 heavy (non-hydrogen) atoms. The monoisotopic (exact) mass is 233 g/mol. The number of nitrogens with zero attached hydrogens (tertiary/aromatic N) is 2. The first-order chi connectivity index (χ1) is 8.19. The van der Waals surface area contributed by atoms with Gasteiger partial charge < -0.3 is 5.73 Å². The van der Waals surface area contributed by atoms with Crippen molar-refractivity contribution in [1.82, 2.24) is 9.88 Å². The number of pyridine rings is 1. The first-order valence-corrected chi connectivity index (χ1v) is 6.58. The van der Waals surface area contributed by atoms with Crippen molar-refractivity contribution in [3.63, 3.8) is 0 Å². The van der Waals surface area contributed by atoms with Crippen LogP contribution in [0.2, 0.25) is 0 Å². The number of hydrogen-bond donors (Lipinski definition) is 1. The fraction of sp³-hybridized carbons (Fsp3) is 0.643. The van der Waals surface area contributed by atoms with Crippen LogP contribution >= 0.6 is 0 Å². The van der Waals surface area contributed by atoms with Crippen molar-refractivity contribution in [1.29, 1.82) is 0 Å². The Kier molecular flexibility index (Phi) is 4.13. The van der Waals surface area contributed by atoms with Crippen molar-refractivity contribution in [2.24, 2.45) is 11.7 Å². The Morgan fingerprint density at radius 1 is 1.35 bits per heavy atom. The molecule has 0 aromatic carbocycles. The van der Waals surface area contributed by atoms with Gasteiger partial charge in [0.1, 0.15) is 0 Å². The van der Waals surface area contributed by atoms with Crippen molar-refractivity contribution in [2.75, 3.05) is 6.54 Å². The second-order valence-corrected chi connectivity index (χ2v) is 5.38. The van der Waals surface area contributed by atoms with Crippen LogP contribution in [0, 0.1) is 5.92 Å². The highest BCUT2D eigenvalue weighted by molar-refractivity contribution is 5.11. The fourth-order valence-electron chi connectivity index (χ4n) is 2.19. The van der Waals surface area contributed by atoms with Gasteiger partial charge in [0.05, 0.1) is 11.4 Å². The van der Waals surface area contributed by atoms with Crippen molar-refractivity contribution >= 4 is 0 Å². The molecule has 1 aliphatic rings. The second kappa shape index (κ2) is 5.61. The molecule has 1 aromatic rings. The first-order valence-electron chi connectivity index (χ1n) is 6.58. The predicted octanol–water partition coefficient (Wildman–Crippen LogP) is 2.16. The lowest BCUT2D eigenvalue weighted by Gasteiger charge is -2.23. The summed E-state index contributed by atoms with van der Waals surface area (Å²) in [6.45, 7) is 7.22. The Bertz CT molecular complexity index is 358. The zero-order valence-electron chi connectivity index (χ0n) is 10.9. The highest BCUT2D eigenvalue weighted by atomic mass is 15.2. The summed E-state index contributed by atoms with van der Waals surface area (Å²) in [7, 11) is 0. The Labute approximate surface area is 104 Å². The summed E-state index contributed by atoms with van der Waals surface area (Å²) in [5, 5.41) is 0. The topological polar surface area (TPSA) is 42.1 Å². The van der Waals surface area contributed by atoms with Crippen LogP contribution in [-0.2, 0) is 13.1 Å². The molecule has 2 N–H and O–H groups in total. The quantitative estimate of drug-likeness (QED) is 0.818. The van der Waals surface area contributed by atoms with E-state index in [-0.39, 0.29) is 0 Å². The zero-order valence-corrected chi connectivity index (χ0v) is 10.9. The van der Waals surface area contributed by atoms with Crippen LogP contribution in [0.4, 0.5) is 0 Å². The van der Waals surface area contributed by atoms with Crippen molar-refractivity contribution in [3.8, 4) is 0 Å². The number of nitrogens with two attached hydrogens (primary N) is 1. The molecule has 3 heteroatoms. The number of hydrogen-bond acceptors (Lipinski definition) is 3. The van der Waals surface area contributed by atoms with Crippen molar-refractivity contribution in [3.05, 3.63) is 29.6 Å². The Morgan fingerprint density at radius 2 is 2.06 bits per heavy atom. The van der Waals surface area contributed by atoms with Crippen LogP contribution in [0.1, 0.15) is 38.1 Å². The average molecular weight is 233 g/mol. The van der Waals surface area contributed by atoms with Gasteiger partial charge in [-0.2, -0.15) is 0 Å². The molecule has 1 aromatic heterocycles. The molecule has 0 atom stereocenters. The summed E-state index contributed by atoms with van der Waals surface area (Å²) < 4.78 is 0. The second-order valence-electron chi connectivity index (χ2n) is 5.38. The molecular formula is C14H23N3. The molecule has 1 heterocycles. The summed E-state index contributed by atoms with van der Waals surface area (Å²) in [5.41, 5.74) is 7.77. The van der Waals surface area contributed by atoms with Crippen LogP contribution in [0.5, 0.6) is 0 Å². The molecule has 2 rings (SSSR count). The maximum atomic E-state index is 5.63. The van der Waals surface area contributed by atoms with Gasteiger partial charge in [-0.05, 0) is 30.9 Å². The minimum atomic E-state index is 0.529. The largest absolute Gasteiger partial charge is 0.325 e. The van der Waals surface area contributed by atoms with Gasteiger partial charge in [-0.3, -0.25) is 9.88 Å². The highest BCUT2D eigenvalue weighted by Crippen LogP contribution is 2.28. The highest BCUT2D eigenvalue weighted by Gasteiger charge is 2.29. The molecule has 94 valence electrons. The van der Waals surface area contributed by atoms with Gasteiger partial charge in [-0.15, -0.1) is 0 Å². The van der Waals surface area contributed by atoms with Gasteiger partial charge in [0.2, 0.25) is 0 Å². The van der Waals surface area contributed by atoms with Gasteiger partial charge >= 0.3 is 0 Å². The van der Waals surface area contributed by atoms with Crippen molar-refractivity contribution in [2.45, 2.75) is 45.8 Å². The molecule has 0 amide bonds. The molecule has 1 fully saturated rings. The third kappa shape index (κ3) is 3.79. The van der Waals surface area contributed by atoms with E-state index in [2.05, 4.69) is 35.9 Å². The molecule has 1 aliphatic carbocycles. The molecule has 1 saturated carbocycles. The SMILES string of the molecule is CC(C)CN(Cc1cccc(CN)n1)C1CC1. The smallest absolute Gasteiger partial charge is 0.0547 e. The molecule has 0 bridgehead atoms. The summed E-state index contributed by atoms with van der Waals surface area (Å²) >= 11 is 0. The van der Waals surface area contributed by atoms with Gasteiger partial charge in [0, 0.05) is 25.7 Å². The Balaban J connectivity index is 2.00. The summed E-state index contributed by atoms with van der Waals surface area (Å²) in [6, 6.07) is 6.95.